The van der Waals surface area contributed by atoms with E-state index in [9.17, 15) is 4.39 Å². The van der Waals surface area contributed by atoms with Crippen LogP contribution in [0.25, 0.3) is 11.2 Å². The highest BCUT2D eigenvalue weighted by Crippen LogP contribution is 2.21. The zero-order valence-corrected chi connectivity index (χ0v) is 8.43. The lowest BCUT2D eigenvalue weighted by Crippen LogP contribution is -2.13. The van der Waals surface area contributed by atoms with Crippen LogP contribution in [0.2, 0.25) is 0 Å². The van der Waals surface area contributed by atoms with Gasteiger partial charge in [-0.3, -0.25) is 0 Å². The first kappa shape index (κ1) is 9.12. The van der Waals surface area contributed by atoms with Crippen molar-refractivity contribution >= 4 is 11.2 Å². The molecule has 0 aromatic carbocycles. The summed E-state index contributed by atoms with van der Waals surface area (Å²) in [6, 6.07) is 0. The van der Waals surface area contributed by atoms with Gasteiger partial charge in [-0.1, -0.05) is 20.8 Å². The molecule has 0 saturated carbocycles. The first-order chi connectivity index (χ1) is 6.48. The lowest BCUT2D eigenvalue weighted by Gasteiger charge is -2.16. The van der Waals surface area contributed by atoms with Crippen molar-refractivity contribution in [1.29, 1.82) is 0 Å². The Morgan fingerprint density at radius 2 is 2.07 bits per heavy atom. The summed E-state index contributed by atoms with van der Waals surface area (Å²) in [6.07, 6.45) is 2.95. The van der Waals surface area contributed by atoms with Gasteiger partial charge in [-0.15, -0.1) is 0 Å². The zero-order valence-electron chi connectivity index (χ0n) is 8.43. The van der Waals surface area contributed by atoms with Gasteiger partial charge in [0.15, 0.2) is 11.5 Å². The molecule has 14 heavy (non-hydrogen) atoms. The van der Waals surface area contributed by atoms with Crippen LogP contribution in [0.5, 0.6) is 0 Å². The van der Waals surface area contributed by atoms with E-state index in [-0.39, 0.29) is 11.2 Å². The maximum Gasteiger partial charge on any atom is 0.168 e. The summed E-state index contributed by atoms with van der Waals surface area (Å²) < 4.78 is 13.2. The molecule has 4 heteroatoms. The summed E-state index contributed by atoms with van der Waals surface area (Å²) in [5.41, 5.74) is 1.50. The monoisotopic (exact) mass is 193 g/mol. The Bertz CT molecular complexity index is 468. The first-order valence-corrected chi connectivity index (χ1v) is 4.48. The summed E-state index contributed by atoms with van der Waals surface area (Å²) in [4.78, 5) is 11.1. The molecule has 74 valence electrons. The highest BCUT2D eigenvalue weighted by Gasteiger charge is 2.17. The average Bonchev–Trinajstić information content (AvgIpc) is 2.46. The van der Waals surface area contributed by atoms with Crippen molar-refractivity contribution in [2.45, 2.75) is 26.2 Å². The first-order valence-electron chi connectivity index (χ1n) is 4.48. The van der Waals surface area contributed by atoms with Gasteiger partial charge in [0.05, 0.1) is 11.9 Å². The van der Waals surface area contributed by atoms with Gasteiger partial charge in [-0.25, -0.2) is 14.4 Å². The fourth-order valence-corrected chi connectivity index (χ4v) is 1.22. The van der Waals surface area contributed by atoms with Crippen LogP contribution in [0.3, 0.4) is 0 Å². The summed E-state index contributed by atoms with van der Waals surface area (Å²) in [7, 11) is 0. The molecule has 0 bridgehead atoms. The molecule has 0 spiro atoms. The molecule has 0 aliphatic carbocycles. The van der Waals surface area contributed by atoms with E-state index in [0.29, 0.717) is 11.2 Å². The van der Waals surface area contributed by atoms with Crippen molar-refractivity contribution in [2.75, 3.05) is 0 Å². The second-order valence-corrected chi connectivity index (χ2v) is 4.34. The molecular formula is C10H12FN3. The van der Waals surface area contributed by atoms with Crippen LogP contribution in [0, 0.1) is 5.82 Å². The van der Waals surface area contributed by atoms with Crippen LogP contribution >= 0.6 is 0 Å². The fraction of sp³-hybridized carbons (Fsp3) is 0.400. The molecule has 0 aliphatic heterocycles. The highest BCUT2D eigenvalue weighted by molar-refractivity contribution is 5.71. The van der Waals surface area contributed by atoms with E-state index in [1.165, 1.54) is 6.20 Å². The summed E-state index contributed by atoms with van der Waals surface area (Å²) in [6.45, 7) is 6.06. The van der Waals surface area contributed by atoms with Gasteiger partial charge in [-0.2, -0.15) is 0 Å². The summed E-state index contributed by atoms with van der Waals surface area (Å²) >= 11 is 0. The smallest absolute Gasteiger partial charge is 0.168 e. The van der Waals surface area contributed by atoms with Gasteiger partial charge in [0.2, 0.25) is 0 Å². The normalized spacial score (nSPS) is 12.3. The molecule has 0 unspecified atom stereocenters. The third-order valence-corrected chi connectivity index (χ3v) is 2.10. The number of nitrogens with zero attached hydrogens (tertiary/aromatic N) is 2. The molecule has 2 heterocycles. The van der Waals surface area contributed by atoms with Crippen molar-refractivity contribution in [2.24, 2.45) is 0 Å². The van der Waals surface area contributed by atoms with E-state index >= 15 is 0 Å². The Balaban J connectivity index is 2.66. The largest absolute Gasteiger partial charge is 0.342 e. The standard InChI is InChI=1S/C10H12FN3/c1-10(2,3)7-5-13-9-8(14-7)6(11)4-12-9/h4-5H,1-3H3,(H,12,13). The van der Waals surface area contributed by atoms with Gasteiger partial charge < -0.3 is 4.98 Å². The number of halogens is 1. The lowest BCUT2D eigenvalue weighted by molar-refractivity contribution is 0.566. The molecule has 2 aromatic heterocycles. The Hall–Kier alpha value is -1.45. The molecule has 2 aromatic rings. The van der Waals surface area contributed by atoms with E-state index in [0.717, 1.165) is 5.69 Å². The van der Waals surface area contributed by atoms with Crippen LogP contribution in [0.15, 0.2) is 12.4 Å². The molecule has 0 saturated heterocycles. The Morgan fingerprint density at radius 3 is 2.71 bits per heavy atom. The SMILES string of the molecule is CC(C)(C)c1cnc2[nH]cc(F)c2n1. The van der Waals surface area contributed by atoms with Crippen LogP contribution in [-0.4, -0.2) is 15.0 Å². The van der Waals surface area contributed by atoms with Gasteiger partial charge in [0.1, 0.15) is 5.52 Å². The Morgan fingerprint density at radius 1 is 1.36 bits per heavy atom. The lowest BCUT2D eigenvalue weighted by atomic mass is 9.93. The quantitative estimate of drug-likeness (QED) is 0.698. The van der Waals surface area contributed by atoms with Crippen molar-refractivity contribution in [1.82, 2.24) is 15.0 Å². The highest BCUT2D eigenvalue weighted by atomic mass is 19.1. The number of hydrogen-bond donors (Lipinski definition) is 1. The minimum atomic E-state index is -0.349. The molecule has 0 fully saturated rings. The Kier molecular flexibility index (Phi) is 1.80. The fourth-order valence-electron chi connectivity index (χ4n) is 1.22. The second kappa shape index (κ2) is 2.77. The van der Waals surface area contributed by atoms with Crippen LogP contribution < -0.4 is 0 Å². The minimum absolute atomic E-state index is 0.106. The average molecular weight is 193 g/mol. The predicted molar refractivity (Wildman–Crippen MR) is 52.5 cm³/mol. The maximum atomic E-state index is 13.2. The number of H-pyrrole nitrogens is 1. The third-order valence-electron chi connectivity index (χ3n) is 2.10. The number of aromatic amines is 1. The van der Waals surface area contributed by atoms with Crippen molar-refractivity contribution in [3.05, 3.63) is 23.9 Å². The molecule has 0 aliphatic rings. The number of hydrogen-bond acceptors (Lipinski definition) is 2. The molecule has 0 amide bonds. The molecule has 0 radical (unpaired) electrons. The summed E-state index contributed by atoms with van der Waals surface area (Å²) in [5.74, 6) is -0.349. The van der Waals surface area contributed by atoms with Gasteiger partial charge in [-0.05, 0) is 0 Å². The van der Waals surface area contributed by atoms with Crippen LogP contribution in [0.1, 0.15) is 26.5 Å². The van der Waals surface area contributed by atoms with E-state index in [2.05, 4.69) is 15.0 Å². The number of aromatic nitrogens is 3. The minimum Gasteiger partial charge on any atom is -0.342 e. The molecular weight excluding hydrogens is 181 g/mol. The molecule has 2 rings (SSSR count). The van der Waals surface area contributed by atoms with E-state index in [1.54, 1.807) is 6.20 Å². The second-order valence-electron chi connectivity index (χ2n) is 4.34. The predicted octanol–water partition coefficient (Wildman–Crippen LogP) is 2.39. The number of fused-ring (bicyclic) bond motifs is 1. The van der Waals surface area contributed by atoms with E-state index in [1.807, 2.05) is 20.8 Å². The third kappa shape index (κ3) is 1.36. The number of nitrogens with one attached hydrogen (secondary N) is 1. The van der Waals surface area contributed by atoms with Crippen molar-refractivity contribution < 1.29 is 4.39 Å². The molecule has 3 nitrogen and oxygen atoms in total. The van der Waals surface area contributed by atoms with Gasteiger partial charge in [0.25, 0.3) is 0 Å². The molecule has 0 atom stereocenters. The Labute approximate surface area is 81.4 Å². The van der Waals surface area contributed by atoms with Crippen LogP contribution in [-0.2, 0) is 5.41 Å². The van der Waals surface area contributed by atoms with Gasteiger partial charge >= 0.3 is 0 Å². The maximum absolute atomic E-state index is 13.2. The van der Waals surface area contributed by atoms with Crippen LogP contribution in [0.4, 0.5) is 4.39 Å². The van der Waals surface area contributed by atoms with E-state index in [4.69, 9.17) is 0 Å². The zero-order chi connectivity index (χ0) is 10.3. The summed E-state index contributed by atoms with van der Waals surface area (Å²) in [5, 5.41) is 0. The molecule has 1 N–H and O–H groups in total. The topological polar surface area (TPSA) is 41.6 Å². The number of rotatable bonds is 0. The van der Waals surface area contributed by atoms with Crippen molar-refractivity contribution in [3.8, 4) is 0 Å². The van der Waals surface area contributed by atoms with Gasteiger partial charge in [0, 0.05) is 11.6 Å². The van der Waals surface area contributed by atoms with Crippen molar-refractivity contribution in [3.63, 3.8) is 0 Å². The van der Waals surface area contributed by atoms with E-state index < -0.39 is 0 Å².